The highest BCUT2D eigenvalue weighted by Crippen LogP contribution is 2.23. The van der Waals surface area contributed by atoms with E-state index in [-0.39, 0.29) is 17.1 Å². The Bertz CT molecular complexity index is 663. The molecule has 1 aromatic heterocycles. The molecule has 0 bridgehead atoms. The van der Waals surface area contributed by atoms with Crippen LogP contribution in [0.15, 0.2) is 36.7 Å². The van der Waals surface area contributed by atoms with E-state index in [1.165, 1.54) is 12.1 Å². The van der Waals surface area contributed by atoms with Crippen molar-refractivity contribution in [2.75, 3.05) is 13.6 Å². The number of amides is 1. The third-order valence-electron chi connectivity index (χ3n) is 3.94. The molecule has 0 fully saturated rings. The molecule has 1 amide bonds. The van der Waals surface area contributed by atoms with E-state index in [9.17, 15) is 9.18 Å². The summed E-state index contributed by atoms with van der Waals surface area (Å²) in [5.41, 5.74) is 1.49. The zero-order chi connectivity index (χ0) is 17.0. The standard InChI is InChI=1S/C17H23FN4O/c1-17(2,13-5-7-14(18)8-6-13)11-20-16(23)15(19-3)12-9-21-22(4)10-12/h5-10,15,19H,11H2,1-4H3,(H,20,23). The highest BCUT2D eigenvalue weighted by Gasteiger charge is 2.25. The van der Waals surface area contributed by atoms with E-state index in [0.29, 0.717) is 6.54 Å². The lowest BCUT2D eigenvalue weighted by Gasteiger charge is -2.27. The second-order valence-electron chi connectivity index (χ2n) is 6.28. The van der Waals surface area contributed by atoms with Crippen molar-refractivity contribution in [2.45, 2.75) is 25.3 Å². The van der Waals surface area contributed by atoms with Crippen LogP contribution in [0.1, 0.15) is 31.0 Å². The minimum absolute atomic E-state index is 0.115. The predicted molar refractivity (Wildman–Crippen MR) is 87.4 cm³/mol. The van der Waals surface area contributed by atoms with Crippen molar-refractivity contribution in [3.63, 3.8) is 0 Å². The third-order valence-corrected chi connectivity index (χ3v) is 3.94. The van der Waals surface area contributed by atoms with Gasteiger partial charge in [-0.2, -0.15) is 5.10 Å². The maximum atomic E-state index is 13.0. The van der Waals surface area contributed by atoms with Gasteiger partial charge in [0.15, 0.2) is 0 Å². The van der Waals surface area contributed by atoms with Gasteiger partial charge in [0.1, 0.15) is 11.9 Å². The number of hydrogen-bond donors (Lipinski definition) is 2. The zero-order valence-electron chi connectivity index (χ0n) is 13.9. The van der Waals surface area contributed by atoms with Gasteiger partial charge in [0.25, 0.3) is 0 Å². The summed E-state index contributed by atoms with van der Waals surface area (Å²) in [6.07, 6.45) is 3.48. The van der Waals surface area contributed by atoms with Crippen LogP contribution in [0.2, 0.25) is 0 Å². The topological polar surface area (TPSA) is 59.0 Å². The van der Waals surface area contributed by atoms with E-state index >= 15 is 0 Å². The Balaban J connectivity index is 2.03. The molecule has 1 atom stereocenters. The minimum Gasteiger partial charge on any atom is -0.354 e. The molecule has 1 aromatic carbocycles. The molecular formula is C17H23FN4O. The number of rotatable bonds is 6. The minimum atomic E-state index is -0.451. The van der Waals surface area contributed by atoms with E-state index < -0.39 is 6.04 Å². The molecule has 0 saturated heterocycles. The van der Waals surface area contributed by atoms with Crippen LogP contribution < -0.4 is 10.6 Å². The van der Waals surface area contributed by atoms with Crippen molar-refractivity contribution in [3.8, 4) is 0 Å². The van der Waals surface area contributed by atoms with Crippen LogP contribution in [0.4, 0.5) is 4.39 Å². The van der Waals surface area contributed by atoms with Crippen LogP contribution in [-0.2, 0) is 17.3 Å². The number of hydrogen-bond acceptors (Lipinski definition) is 3. The molecule has 1 unspecified atom stereocenters. The fourth-order valence-electron chi connectivity index (χ4n) is 2.45. The molecule has 1 heterocycles. The predicted octanol–water partition coefficient (Wildman–Crippen LogP) is 1.91. The summed E-state index contributed by atoms with van der Waals surface area (Å²) in [6.45, 7) is 4.48. The molecule has 0 aliphatic heterocycles. The summed E-state index contributed by atoms with van der Waals surface area (Å²) in [6, 6.07) is 5.92. The Kier molecular flexibility index (Phi) is 5.15. The van der Waals surface area contributed by atoms with Gasteiger partial charge in [-0.25, -0.2) is 4.39 Å². The van der Waals surface area contributed by atoms with Gasteiger partial charge in [-0.3, -0.25) is 9.48 Å². The van der Waals surface area contributed by atoms with Crippen molar-refractivity contribution in [3.05, 3.63) is 53.6 Å². The Morgan fingerprint density at radius 1 is 1.35 bits per heavy atom. The summed E-state index contributed by atoms with van der Waals surface area (Å²) in [5.74, 6) is -0.379. The molecule has 2 N–H and O–H groups in total. The SMILES string of the molecule is CNC(C(=O)NCC(C)(C)c1ccc(F)cc1)c1cnn(C)c1. The van der Waals surface area contributed by atoms with Gasteiger partial charge in [-0.1, -0.05) is 26.0 Å². The van der Waals surface area contributed by atoms with Crippen LogP contribution in [0.5, 0.6) is 0 Å². The fourth-order valence-corrected chi connectivity index (χ4v) is 2.45. The third kappa shape index (κ3) is 4.16. The maximum Gasteiger partial charge on any atom is 0.241 e. The summed E-state index contributed by atoms with van der Waals surface area (Å²) in [4.78, 5) is 12.4. The summed E-state index contributed by atoms with van der Waals surface area (Å²) in [5, 5.41) is 10.1. The van der Waals surface area contributed by atoms with E-state index in [1.807, 2.05) is 27.1 Å². The van der Waals surface area contributed by atoms with Crippen molar-refractivity contribution in [2.24, 2.45) is 7.05 Å². The molecule has 5 nitrogen and oxygen atoms in total. The average molecular weight is 318 g/mol. The molecule has 23 heavy (non-hydrogen) atoms. The lowest BCUT2D eigenvalue weighted by atomic mass is 9.84. The first-order chi connectivity index (χ1) is 10.8. The summed E-state index contributed by atoms with van der Waals surface area (Å²) < 4.78 is 14.7. The van der Waals surface area contributed by atoms with E-state index in [2.05, 4.69) is 15.7 Å². The summed E-state index contributed by atoms with van der Waals surface area (Å²) >= 11 is 0. The monoisotopic (exact) mass is 318 g/mol. The maximum absolute atomic E-state index is 13.0. The molecule has 0 spiro atoms. The normalized spacial score (nSPS) is 12.9. The van der Waals surface area contributed by atoms with Crippen LogP contribution in [0.3, 0.4) is 0 Å². The van der Waals surface area contributed by atoms with Crippen molar-refractivity contribution < 1.29 is 9.18 Å². The Hall–Kier alpha value is -2.21. The second kappa shape index (κ2) is 6.91. The number of aryl methyl sites for hydroxylation is 1. The highest BCUT2D eigenvalue weighted by molar-refractivity contribution is 5.83. The van der Waals surface area contributed by atoms with Gasteiger partial charge in [0, 0.05) is 30.8 Å². The first kappa shape index (κ1) is 17.1. The average Bonchev–Trinajstić information content (AvgIpc) is 2.93. The van der Waals surface area contributed by atoms with Crippen molar-refractivity contribution in [1.82, 2.24) is 20.4 Å². The molecular weight excluding hydrogens is 295 g/mol. The number of nitrogens with one attached hydrogen (secondary N) is 2. The van der Waals surface area contributed by atoms with E-state index in [1.54, 1.807) is 30.1 Å². The second-order valence-corrected chi connectivity index (χ2v) is 6.28. The quantitative estimate of drug-likeness (QED) is 0.855. The lowest BCUT2D eigenvalue weighted by Crippen LogP contribution is -2.42. The number of benzene rings is 1. The van der Waals surface area contributed by atoms with E-state index in [0.717, 1.165) is 11.1 Å². The molecule has 2 aromatic rings. The molecule has 124 valence electrons. The largest absolute Gasteiger partial charge is 0.354 e. The molecule has 2 rings (SSSR count). The van der Waals surface area contributed by atoms with Gasteiger partial charge >= 0.3 is 0 Å². The Morgan fingerprint density at radius 3 is 2.52 bits per heavy atom. The summed E-state index contributed by atoms with van der Waals surface area (Å²) in [7, 11) is 3.55. The van der Waals surface area contributed by atoms with Crippen LogP contribution in [0.25, 0.3) is 0 Å². The molecule has 0 saturated carbocycles. The van der Waals surface area contributed by atoms with E-state index in [4.69, 9.17) is 0 Å². The fraction of sp³-hybridized carbons (Fsp3) is 0.412. The molecule has 0 radical (unpaired) electrons. The Morgan fingerprint density at radius 2 is 2.00 bits per heavy atom. The molecule has 0 aliphatic rings. The zero-order valence-corrected chi connectivity index (χ0v) is 13.9. The number of likely N-dealkylation sites (N-methyl/N-ethyl adjacent to an activating group) is 1. The van der Waals surface area contributed by atoms with Crippen molar-refractivity contribution >= 4 is 5.91 Å². The molecule has 0 aliphatic carbocycles. The number of aromatic nitrogens is 2. The Labute approximate surface area is 135 Å². The lowest BCUT2D eigenvalue weighted by molar-refractivity contribution is -0.123. The van der Waals surface area contributed by atoms with Gasteiger partial charge < -0.3 is 10.6 Å². The van der Waals surface area contributed by atoms with Crippen LogP contribution in [0, 0.1) is 5.82 Å². The van der Waals surface area contributed by atoms with Crippen LogP contribution in [-0.4, -0.2) is 29.3 Å². The van der Waals surface area contributed by atoms with Gasteiger partial charge in [0.2, 0.25) is 5.91 Å². The van der Waals surface area contributed by atoms with Gasteiger partial charge in [-0.05, 0) is 24.7 Å². The van der Waals surface area contributed by atoms with Gasteiger partial charge in [-0.15, -0.1) is 0 Å². The number of carbonyl (C=O) groups is 1. The van der Waals surface area contributed by atoms with Crippen LogP contribution >= 0.6 is 0 Å². The number of halogens is 1. The highest BCUT2D eigenvalue weighted by atomic mass is 19.1. The van der Waals surface area contributed by atoms with Crippen molar-refractivity contribution in [1.29, 1.82) is 0 Å². The van der Waals surface area contributed by atoms with Gasteiger partial charge in [0.05, 0.1) is 6.20 Å². The number of nitrogens with zero attached hydrogens (tertiary/aromatic N) is 2. The first-order valence-corrected chi connectivity index (χ1v) is 7.53. The number of carbonyl (C=O) groups excluding carboxylic acids is 1. The molecule has 6 heteroatoms. The first-order valence-electron chi connectivity index (χ1n) is 7.53. The smallest absolute Gasteiger partial charge is 0.241 e.